The third-order valence-electron chi connectivity index (χ3n) is 6.05. The van der Waals surface area contributed by atoms with Gasteiger partial charge < -0.3 is 9.42 Å². The first-order valence-electron chi connectivity index (χ1n) is 10.8. The van der Waals surface area contributed by atoms with E-state index in [0.29, 0.717) is 5.90 Å². The largest absolute Gasteiger partial charge is 0.431 e. The van der Waals surface area contributed by atoms with Crippen LogP contribution in [0.15, 0.2) is 65.7 Å². The van der Waals surface area contributed by atoms with Crippen molar-refractivity contribution >= 4 is 35.2 Å². The first kappa shape index (κ1) is 20.6. The number of nitrogens with one attached hydrogen (secondary N) is 1. The van der Waals surface area contributed by atoms with E-state index in [1.165, 1.54) is 0 Å². The van der Waals surface area contributed by atoms with E-state index < -0.39 is 6.42 Å². The van der Waals surface area contributed by atoms with Crippen LogP contribution >= 0.6 is 6.42 Å². The van der Waals surface area contributed by atoms with Crippen LogP contribution in [0.2, 0.25) is 0 Å². The summed E-state index contributed by atoms with van der Waals surface area (Å²) >= 11 is 6.40. The van der Waals surface area contributed by atoms with Crippen molar-refractivity contribution in [1.82, 2.24) is 14.5 Å². The maximum atomic E-state index is 6.66. The summed E-state index contributed by atoms with van der Waals surface area (Å²) in [4.78, 5) is 6.57. The van der Waals surface area contributed by atoms with Gasteiger partial charge in [0.25, 0.3) is 0 Å². The molecular weight excluding hydrogens is 425 g/mol. The van der Waals surface area contributed by atoms with Crippen molar-refractivity contribution < 1.29 is 9.42 Å². The lowest BCUT2D eigenvalue weighted by atomic mass is 10.2. The predicted octanol–water partition coefficient (Wildman–Crippen LogP) is 2.44. The van der Waals surface area contributed by atoms with Crippen molar-refractivity contribution in [3.63, 3.8) is 0 Å². The number of benzene rings is 2. The number of fused-ring (bicyclic) bond motifs is 1. The molecule has 1 aromatic heterocycles. The van der Waals surface area contributed by atoms with Crippen LogP contribution in [0.25, 0.3) is 5.69 Å². The fourth-order valence-electron chi connectivity index (χ4n) is 4.29. The fraction of sp³-hybridized carbons (Fsp3) is 0.304. The number of piperazine rings is 1. The molecule has 0 bridgehead atoms. The van der Waals surface area contributed by atoms with Gasteiger partial charge in [0.15, 0.2) is 5.82 Å². The van der Waals surface area contributed by atoms with E-state index in [1.807, 2.05) is 72.3 Å². The van der Waals surface area contributed by atoms with E-state index in [9.17, 15) is 0 Å². The van der Waals surface area contributed by atoms with Crippen molar-refractivity contribution in [3.05, 3.63) is 71.9 Å². The van der Waals surface area contributed by atoms with Crippen molar-refractivity contribution in [2.45, 2.75) is 13.8 Å². The normalized spacial score (nSPS) is 21.9. The predicted molar refractivity (Wildman–Crippen MR) is 129 cm³/mol. The van der Waals surface area contributed by atoms with E-state index in [-0.39, 0.29) is 0 Å². The van der Waals surface area contributed by atoms with Crippen molar-refractivity contribution in [1.29, 1.82) is 0 Å². The summed E-state index contributed by atoms with van der Waals surface area (Å²) in [5, 5.41) is 5.86. The molecule has 1 fully saturated rings. The summed E-state index contributed by atoms with van der Waals surface area (Å²) in [7, 11) is 0. The summed E-state index contributed by atoms with van der Waals surface area (Å²) < 4.78 is 11.0. The first-order chi connectivity index (χ1) is 15.1. The maximum Gasteiger partial charge on any atom is 0.227 e. The lowest BCUT2D eigenvalue weighted by Gasteiger charge is -2.40. The van der Waals surface area contributed by atoms with Crippen LogP contribution in [-0.2, 0) is 16.3 Å². The Kier molecular flexibility index (Phi) is 5.52. The van der Waals surface area contributed by atoms with Crippen LogP contribution in [0.4, 0.5) is 5.82 Å². The molecule has 160 valence electrons. The number of likely N-dealkylation sites (N-methyl/N-ethyl adjacent to an activating group) is 1. The number of nitrogens with zero attached hydrogens (tertiary/aromatic N) is 4. The zero-order valence-corrected chi connectivity index (χ0v) is 19.6. The number of rotatable bonds is 4. The number of hydrogen-bond donors (Lipinski definition) is 1. The van der Waals surface area contributed by atoms with Gasteiger partial charge in [-0.25, -0.2) is 9.35 Å². The van der Waals surface area contributed by atoms with E-state index in [2.05, 4.69) is 11.6 Å². The monoisotopic (exact) mass is 452 g/mol. The van der Waals surface area contributed by atoms with Crippen LogP contribution in [-0.4, -0.2) is 53.1 Å². The third kappa shape index (κ3) is 3.66. The quantitative estimate of drug-likeness (QED) is 0.618. The molecule has 2 aliphatic heterocycles. The van der Waals surface area contributed by atoms with Gasteiger partial charge >= 0.3 is 0 Å². The highest BCUT2D eigenvalue weighted by molar-refractivity contribution is 8.15. The average molecular weight is 453 g/mol. The number of hydrogen-bond acceptors (Lipinski definition) is 4. The molecule has 0 amide bonds. The van der Waals surface area contributed by atoms with Crippen LogP contribution in [0, 0.1) is 6.92 Å². The van der Waals surface area contributed by atoms with E-state index in [1.54, 1.807) is 4.90 Å². The topological polar surface area (TPSA) is 47.1 Å². The molecule has 3 aromatic rings. The van der Waals surface area contributed by atoms with Gasteiger partial charge in [0.05, 0.1) is 44.1 Å². The molecule has 3 heterocycles. The Labute approximate surface area is 188 Å². The van der Waals surface area contributed by atoms with Crippen LogP contribution < -0.4 is 10.2 Å². The zero-order valence-electron chi connectivity index (χ0n) is 17.9. The molecule has 0 spiro atoms. The Morgan fingerprint density at radius 3 is 2.32 bits per heavy atom. The third-order valence-corrected chi connectivity index (χ3v) is 10.2. The molecule has 1 atom stereocenters. The summed E-state index contributed by atoms with van der Waals surface area (Å²) in [5.41, 5.74) is 2.83. The van der Waals surface area contributed by atoms with Gasteiger partial charge in [-0.15, -0.1) is 0 Å². The number of quaternary nitrogens is 1. The molecule has 5 rings (SSSR count). The molecule has 1 N–H and O–H groups in total. The number of aryl methyl sites for hydroxylation is 1. The van der Waals surface area contributed by atoms with Gasteiger partial charge in [-0.1, -0.05) is 36.4 Å². The standard InChI is InChI=1S/C23H26N5OPS/c1-3-26-14-16-27(17-15-26)30(31)21-18(2)25-28(20-12-8-5-9-13-20)22(21)24-23(29-30)19-10-6-4-7-11-19/h4-13H,3,14-17H2,1-2H3/p+1/t30-/m1/s1. The van der Waals surface area contributed by atoms with Gasteiger partial charge in [-0.05, 0) is 49.9 Å². The van der Waals surface area contributed by atoms with Gasteiger partial charge in [0.1, 0.15) is 5.30 Å². The molecule has 1 saturated heterocycles. The summed E-state index contributed by atoms with van der Waals surface area (Å²) in [6.45, 7) is 9.43. The summed E-state index contributed by atoms with van der Waals surface area (Å²) in [6, 6.07) is 20.2. The number of aliphatic imine (C=N–C) groups is 1. The van der Waals surface area contributed by atoms with Gasteiger partial charge in [-0.3, -0.25) is 0 Å². The second-order valence-electron chi connectivity index (χ2n) is 7.96. The van der Waals surface area contributed by atoms with Crippen LogP contribution in [0.3, 0.4) is 0 Å². The van der Waals surface area contributed by atoms with E-state index in [4.69, 9.17) is 26.4 Å². The van der Waals surface area contributed by atoms with Crippen molar-refractivity contribution in [2.24, 2.45) is 4.99 Å². The SMILES string of the molecule is CC[NH+]1CCN([P@@]2(=S)OC(c3ccccc3)=Nc3c2c(C)nn3-c2ccccc2)CC1. The highest BCUT2D eigenvalue weighted by atomic mass is 32.4. The van der Waals surface area contributed by atoms with Crippen molar-refractivity contribution in [2.75, 3.05) is 32.7 Å². The Hall–Kier alpha value is -2.31. The Balaban J connectivity index is 1.66. The Bertz CT molecular complexity index is 1150. The molecule has 8 heteroatoms. The van der Waals surface area contributed by atoms with E-state index >= 15 is 0 Å². The lowest BCUT2D eigenvalue weighted by Crippen LogP contribution is -3.14. The fourth-order valence-corrected chi connectivity index (χ4v) is 8.08. The molecule has 2 aliphatic rings. The minimum absolute atomic E-state index is 0.596. The molecule has 0 aliphatic carbocycles. The van der Waals surface area contributed by atoms with Crippen LogP contribution in [0.1, 0.15) is 18.2 Å². The smallest absolute Gasteiger partial charge is 0.227 e. The highest BCUT2D eigenvalue weighted by Crippen LogP contribution is 2.56. The molecule has 0 radical (unpaired) electrons. The molecule has 2 aromatic carbocycles. The molecule has 0 saturated carbocycles. The van der Waals surface area contributed by atoms with Gasteiger partial charge in [0, 0.05) is 5.56 Å². The number of para-hydroxylation sites is 1. The average Bonchev–Trinajstić information content (AvgIpc) is 3.17. The summed E-state index contributed by atoms with van der Waals surface area (Å²) in [6.07, 6.45) is -2.54. The van der Waals surface area contributed by atoms with Gasteiger partial charge in [0.2, 0.25) is 12.3 Å². The van der Waals surface area contributed by atoms with Crippen molar-refractivity contribution in [3.8, 4) is 5.69 Å². The van der Waals surface area contributed by atoms with Gasteiger partial charge in [-0.2, -0.15) is 10.1 Å². The second kappa shape index (κ2) is 8.32. The summed E-state index contributed by atoms with van der Waals surface area (Å²) in [5.74, 6) is 1.40. The minimum Gasteiger partial charge on any atom is -0.431 e. The van der Waals surface area contributed by atoms with E-state index in [0.717, 1.165) is 60.8 Å². The first-order valence-corrected chi connectivity index (χ1v) is 13.5. The lowest BCUT2D eigenvalue weighted by molar-refractivity contribution is -0.901. The molecule has 6 nitrogen and oxygen atoms in total. The molecular formula is C23H27N5OPS+. The molecule has 31 heavy (non-hydrogen) atoms. The minimum atomic E-state index is -2.54. The zero-order chi connectivity index (χ0) is 21.4. The number of aromatic nitrogens is 2. The maximum absolute atomic E-state index is 6.66. The Morgan fingerprint density at radius 2 is 1.68 bits per heavy atom. The highest BCUT2D eigenvalue weighted by Gasteiger charge is 2.43. The van der Waals surface area contributed by atoms with Crippen LogP contribution in [0.5, 0.6) is 0 Å². The molecule has 0 unspecified atom stereocenters. The Morgan fingerprint density at radius 1 is 1.03 bits per heavy atom. The second-order valence-corrected chi connectivity index (χ2v) is 11.7.